The molecule has 0 radical (unpaired) electrons. The molecule has 1 aromatic heterocycles. The van der Waals surface area contributed by atoms with Crippen LogP contribution in [0.3, 0.4) is 0 Å². The molecule has 0 atom stereocenters. The molecule has 1 aromatic rings. The van der Waals surface area contributed by atoms with Gasteiger partial charge in [0.15, 0.2) is 12.6 Å². The number of hydrogen-bond acceptors (Lipinski definition) is 5. The highest BCUT2D eigenvalue weighted by atomic mass is 16.9. The van der Waals surface area contributed by atoms with Gasteiger partial charge in [-0.1, -0.05) is 19.9 Å². The van der Waals surface area contributed by atoms with Crippen molar-refractivity contribution in [3.8, 4) is 5.88 Å². The fourth-order valence-corrected chi connectivity index (χ4v) is 1.90. The van der Waals surface area contributed by atoms with Crippen molar-refractivity contribution in [2.24, 2.45) is 5.92 Å². The predicted molar refractivity (Wildman–Crippen MR) is 78.3 cm³/mol. The molecule has 0 amide bonds. The van der Waals surface area contributed by atoms with E-state index in [1.54, 1.807) is 23.9 Å². The van der Waals surface area contributed by atoms with Gasteiger partial charge in [-0.2, -0.15) is 5.10 Å². The molecule has 1 saturated heterocycles. The summed E-state index contributed by atoms with van der Waals surface area (Å²) < 4.78 is 18.4. The number of aromatic nitrogens is 2. The topological polar surface area (TPSA) is 82.8 Å². The molecular weight excluding hydrogens is 288 g/mol. The van der Waals surface area contributed by atoms with Crippen molar-refractivity contribution >= 4 is 5.97 Å². The third kappa shape index (κ3) is 3.86. The molecule has 1 aliphatic rings. The van der Waals surface area contributed by atoms with Gasteiger partial charge in [0.1, 0.15) is 0 Å². The van der Waals surface area contributed by atoms with Gasteiger partial charge in [0.05, 0.1) is 24.9 Å². The summed E-state index contributed by atoms with van der Waals surface area (Å²) in [6.45, 7) is 8.30. The van der Waals surface area contributed by atoms with Gasteiger partial charge < -0.3 is 19.3 Å². The molecule has 0 bridgehead atoms. The van der Waals surface area contributed by atoms with Crippen LogP contribution >= 0.6 is 0 Å². The van der Waals surface area contributed by atoms with Crippen molar-refractivity contribution in [3.05, 3.63) is 23.4 Å². The molecule has 22 heavy (non-hydrogen) atoms. The lowest BCUT2D eigenvalue weighted by Crippen LogP contribution is -2.31. The molecule has 0 aromatic carbocycles. The van der Waals surface area contributed by atoms with Gasteiger partial charge >= 0.3 is 5.97 Å². The molecule has 122 valence electrons. The molecule has 0 aliphatic carbocycles. The Labute approximate surface area is 129 Å². The maximum absolute atomic E-state index is 10.9. The van der Waals surface area contributed by atoms with E-state index in [1.807, 2.05) is 20.8 Å². The second kappa shape index (κ2) is 6.93. The van der Waals surface area contributed by atoms with E-state index in [-0.39, 0.29) is 11.9 Å². The van der Waals surface area contributed by atoms with Crippen LogP contribution in [-0.4, -0.2) is 33.8 Å². The Hall–Kier alpha value is -1.86. The summed E-state index contributed by atoms with van der Waals surface area (Å²) in [5.74, 6) is -0.0359. The summed E-state index contributed by atoms with van der Waals surface area (Å²) in [6.07, 6.45) is 2.51. The Balaban J connectivity index is 2.17. The molecule has 7 heteroatoms. The lowest BCUT2D eigenvalue weighted by Gasteiger charge is -2.33. The Morgan fingerprint density at radius 3 is 2.77 bits per heavy atom. The Morgan fingerprint density at radius 2 is 2.23 bits per heavy atom. The van der Waals surface area contributed by atoms with Gasteiger partial charge in [-0.25, -0.2) is 9.48 Å². The van der Waals surface area contributed by atoms with E-state index >= 15 is 0 Å². The van der Waals surface area contributed by atoms with E-state index in [4.69, 9.17) is 19.3 Å². The second-order valence-corrected chi connectivity index (χ2v) is 5.66. The molecule has 1 fully saturated rings. The summed E-state index contributed by atoms with van der Waals surface area (Å²) in [4.78, 5) is 10.9. The molecular formula is C15H22N2O5. The Kier molecular flexibility index (Phi) is 5.20. The van der Waals surface area contributed by atoms with Crippen LogP contribution in [-0.2, 0) is 20.8 Å². The van der Waals surface area contributed by atoms with Crippen molar-refractivity contribution in [1.29, 1.82) is 0 Å². The van der Waals surface area contributed by atoms with Crippen molar-refractivity contribution in [2.45, 2.75) is 46.8 Å². The third-order valence-electron chi connectivity index (χ3n) is 3.16. The fraction of sp³-hybridized carbons (Fsp3) is 0.600. The fourth-order valence-electron chi connectivity index (χ4n) is 1.90. The van der Waals surface area contributed by atoms with Gasteiger partial charge in [0.25, 0.3) is 0 Å². The minimum atomic E-state index is -0.948. The molecule has 0 spiro atoms. The van der Waals surface area contributed by atoms with Gasteiger partial charge in [-0.05, 0) is 19.8 Å². The van der Waals surface area contributed by atoms with E-state index in [0.29, 0.717) is 24.9 Å². The summed E-state index contributed by atoms with van der Waals surface area (Å²) in [7, 11) is 0. The number of nitrogens with zero attached hydrogens (tertiary/aromatic N) is 2. The van der Waals surface area contributed by atoms with Crippen LogP contribution in [0.4, 0.5) is 0 Å². The van der Waals surface area contributed by atoms with Gasteiger partial charge in [-0.3, -0.25) is 0 Å². The van der Waals surface area contributed by atoms with Crippen molar-refractivity contribution in [1.82, 2.24) is 9.78 Å². The summed E-state index contributed by atoms with van der Waals surface area (Å²) >= 11 is 0. The first-order chi connectivity index (χ1) is 10.4. The second-order valence-electron chi connectivity index (χ2n) is 5.66. The highest BCUT2D eigenvalue weighted by Crippen LogP contribution is 2.36. The zero-order valence-electron chi connectivity index (χ0n) is 13.3. The van der Waals surface area contributed by atoms with E-state index < -0.39 is 12.3 Å². The van der Waals surface area contributed by atoms with Crippen LogP contribution in [0.1, 0.15) is 39.5 Å². The highest BCUT2D eigenvalue weighted by molar-refractivity contribution is 5.85. The minimum absolute atomic E-state index is 0.236. The minimum Gasteiger partial charge on any atom is -0.478 e. The maximum Gasteiger partial charge on any atom is 0.331 e. The van der Waals surface area contributed by atoms with E-state index in [2.05, 4.69) is 5.10 Å². The first-order valence-electron chi connectivity index (χ1n) is 7.28. The normalized spacial score (nSPS) is 21.8. The lowest BCUT2D eigenvalue weighted by molar-refractivity contribution is -0.382. The number of ether oxygens (including phenoxy) is 3. The van der Waals surface area contributed by atoms with Crippen molar-refractivity contribution in [2.75, 3.05) is 6.61 Å². The van der Waals surface area contributed by atoms with E-state index in [9.17, 15) is 4.79 Å². The van der Waals surface area contributed by atoms with Crippen LogP contribution < -0.4 is 4.74 Å². The number of carboxylic acid groups (broad SMARTS) is 1. The quantitative estimate of drug-likeness (QED) is 0.778. The number of carboxylic acids is 1. The third-order valence-corrected chi connectivity index (χ3v) is 3.16. The van der Waals surface area contributed by atoms with Crippen LogP contribution in [0.15, 0.2) is 17.8 Å². The number of aliphatic carboxylic acids is 1. The molecule has 0 unspecified atom stereocenters. The van der Waals surface area contributed by atoms with E-state index in [0.717, 1.165) is 5.56 Å². The molecule has 1 aliphatic heterocycles. The molecule has 7 nitrogen and oxygen atoms in total. The van der Waals surface area contributed by atoms with Crippen LogP contribution in [0.25, 0.3) is 0 Å². The highest BCUT2D eigenvalue weighted by Gasteiger charge is 2.33. The first kappa shape index (κ1) is 16.5. The monoisotopic (exact) mass is 310 g/mol. The molecule has 2 rings (SSSR count). The lowest BCUT2D eigenvalue weighted by atomic mass is 10.2. The Bertz CT molecular complexity index is 558. The summed E-state index contributed by atoms with van der Waals surface area (Å²) in [5.41, 5.74) is 0.983. The predicted octanol–water partition coefficient (Wildman–Crippen LogP) is 2.34. The van der Waals surface area contributed by atoms with E-state index in [1.165, 1.54) is 0 Å². The van der Waals surface area contributed by atoms with Crippen molar-refractivity contribution in [3.63, 3.8) is 0 Å². The average molecular weight is 310 g/mol. The average Bonchev–Trinajstić information content (AvgIpc) is 2.81. The number of allylic oxidation sites excluding steroid dienone is 1. The molecule has 0 saturated carbocycles. The number of hydrogen-bond donors (Lipinski definition) is 1. The number of carbonyl (C=O) groups is 1. The van der Waals surface area contributed by atoms with Gasteiger partial charge in [0.2, 0.25) is 5.88 Å². The molecule has 2 heterocycles. The number of rotatable bonds is 7. The SMILES string of the molecule is C/C(=C\Cn1ncc(C2OC(C)O2)c1OCC(C)C)C(=O)O. The first-order valence-corrected chi connectivity index (χ1v) is 7.28. The van der Waals surface area contributed by atoms with Crippen LogP contribution in [0, 0.1) is 5.92 Å². The maximum atomic E-state index is 10.9. The standard InChI is InChI=1S/C15H22N2O5/c1-9(2)8-20-13-12(15-21-11(4)22-15)7-16-17(13)6-5-10(3)14(18)19/h5,7,9,11,15H,6,8H2,1-4H3,(H,18,19)/b10-5+. The van der Waals surface area contributed by atoms with Crippen molar-refractivity contribution < 1.29 is 24.1 Å². The van der Waals surface area contributed by atoms with Crippen LogP contribution in [0.2, 0.25) is 0 Å². The van der Waals surface area contributed by atoms with Crippen LogP contribution in [0.5, 0.6) is 5.88 Å². The zero-order chi connectivity index (χ0) is 16.3. The summed E-state index contributed by atoms with van der Waals surface area (Å²) in [5, 5.41) is 13.2. The van der Waals surface area contributed by atoms with Gasteiger partial charge in [0, 0.05) is 5.57 Å². The molecule has 1 N–H and O–H groups in total. The largest absolute Gasteiger partial charge is 0.478 e. The summed E-state index contributed by atoms with van der Waals surface area (Å²) in [6, 6.07) is 0. The van der Waals surface area contributed by atoms with Gasteiger partial charge in [-0.15, -0.1) is 0 Å². The zero-order valence-corrected chi connectivity index (χ0v) is 13.3. The Morgan fingerprint density at radius 1 is 1.55 bits per heavy atom. The smallest absolute Gasteiger partial charge is 0.331 e.